The topological polar surface area (TPSA) is 74.2 Å². The van der Waals surface area contributed by atoms with Crippen LogP contribution in [0.4, 0.5) is 0 Å². The first-order chi connectivity index (χ1) is 15.1. The molecule has 1 saturated heterocycles. The van der Waals surface area contributed by atoms with Gasteiger partial charge in [0, 0.05) is 62.0 Å². The molecule has 7 heteroatoms. The summed E-state index contributed by atoms with van der Waals surface area (Å²) in [5.41, 5.74) is 3.27. The standard InChI is InChI=1S/C24H31N5O2/c1-27(9-8-17-11-25-26-12-17)15-20-6-7-22-21-10-18(14-29(22)24(20)31)13-28(16-21)23(30)19-4-2-3-5-19/h2-3,6-7,11-12,18-19,21H,4-5,8-10,13-16H2,1H3,(H,25,26)/t18-,21+/m0/s1. The fraction of sp³-hybridized carbons (Fsp3) is 0.542. The van der Waals surface area contributed by atoms with Gasteiger partial charge in [-0.3, -0.25) is 14.7 Å². The van der Waals surface area contributed by atoms with E-state index in [1.54, 1.807) is 0 Å². The van der Waals surface area contributed by atoms with Crippen LogP contribution < -0.4 is 5.56 Å². The van der Waals surface area contributed by atoms with Gasteiger partial charge in [0.1, 0.15) is 0 Å². The van der Waals surface area contributed by atoms with Gasteiger partial charge in [0.25, 0.3) is 5.56 Å². The molecule has 1 amide bonds. The molecule has 2 aromatic heterocycles. The zero-order chi connectivity index (χ0) is 21.4. The summed E-state index contributed by atoms with van der Waals surface area (Å²) in [4.78, 5) is 30.5. The molecule has 7 nitrogen and oxygen atoms in total. The molecule has 31 heavy (non-hydrogen) atoms. The molecular formula is C24H31N5O2. The molecule has 2 atom stereocenters. The lowest BCUT2D eigenvalue weighted by Gasteiger charge is -2.43. The van der Waals surface area contributed by atoms with Crippen LogP contribution in [0.1, 0.15) is 42.0 Å². The Hall–Kier alpha value is -2.67. The Bertz CT molecular complexity index is 1020. The number of hydrogen-bond acceptors (Lipinski definition) is 4. The molecule has 0 saturated carbocycles. The van der Waals surface area contributed by atoms with Crippen LogP contribution in [0.3, 0.4) is 0 Å². The van der Waals surface area contributed by atoms with Gasteiger partial charge in [0.2, 0.25) is 5.91 Å². The molecule has 1 aliphatic carbocycles. The second-order valence-corrected chi connectivity index (χ2v) is 9.48. The van der Waals surface area contributed by atoms with Crippen molar-refractivity contribution in [3.8, 4) is 0 Å². The molecule has 4 heterocycles. The Balaban J connectivity index is 1.28. The summed E-state index contributed by atoms with van der Waals surface area (Å²) in [5.74, 6) is 1.06. The maximum atomic E-state index is 13.3. The van der Waals surface area contributed by atoms with Crippen molar-refractivity contribution < 1.29 is 4.79 Å². The number of piperidine rings is 1. The number of aromatic amines is 1. The van der Waals surface area contributed by atoms with E-state index in [0.29, 0.717) is 18.4 Å². The lowest BCUT2D eigenvalue weighted by atomic mass is 9.82. The van der Waals surface area contributed by atoms with Crippen LogP contribution in [0.2, 0.25) is 0 Å². The fourth-order valence-electron chi connectivity index (χ4n) is 5.47. The maximum Gasteiger partial charge on any atom is 0.255 e. The first-order valence-electron chi connectivity index (χ1n) is 11.4. The van der Waals surface area contributed by atoms with Crippen LogP contribution in [0, 0.1) is 11.8 Å². The number of likely N-dealkylation sites (N-methyl/N-ethyl adjacent to an activating group) is 1. The number of fused-ring (bicyclic) bond motifs is 4. The Labute approximate surface area is 182 Å². The monoisotopic (exact) mass is 421 g/mol. The van der Waals surface area contributed by atoms with E-state index < -0.39 is 0 Å². The number of likely N-dealkylation sites (tertiary alicyclic amines) is 1. The van der Waals surface area contributed by atoms with E-state index in [0.717, 1.165) is 63.1 Å². The van der Waals surface area contributed by atoms with Gasteiger partial charge in [-0.2, -0.15) is 5.10 Å². The number of H-pyrrole nitrogens is 1. The minimum Gasteiger partial charge on any atom is -0.341 e. The van der Waals surface area contributed by atoms with E-state index in [-0.39, 0.29) is 17.4 Å². The van der Waals surface area contributed by atoms with E-state index in [1.807, 2.05) is 23.0 Å². The summed E-state index contributed by atoms with van der Waals surface area (Å²) in [6.45, 7) is 3.77. The number of hydrogen-bond donors (Lipinski definition) is 1. The van der Waals surface area contributed by atoms with Crippen LogP contribution in [-0.4, -0.2) is 57.2 Å². The van der Waals surface area contributed by atoms with Gasteiger partial charge in [-0.15, -0.1) is 0 Å². The minimum absolute atomic E-state index is 0.126. The molecule has 2 bridgehead atoms. The third-order valence-electron chi connectivity index (χ3n) is 7.13. The quantitative estimate of drug-likeness (QED) is 0.726. The molecule has 0 aromatic carbocycles. The van der Waals surface area contributed by atoms with Crippen LogP contribution in [0.25, 0.3) is 0 Å². The number of allylic oxidation sites excluding steroid dienone is 2. The number of nitrogens with zero attached hydrogens (tertiary/aromatic N) is 4. The van der Waals surface area contributed by atoms with Crippen LogP contribution in [-0.2, 0) is 24.3 Å². The Morgan fingerprint density at radius 3 is 2.84 bits per heavy atom. The highest BCUT2D eigenvalue weighted by molar-refractivity contribution is 5.80. The van der Waals surface area contributed by atoms with Crippen molar-refractivity contribution in [2.24, 2.45) is 11.8 Å². The normalized spacial score (nSPS) is 22.8. The van der Waals surface area contributed by atoms with E-state index in [9.17, 15) is 9.59 Å². The van der Waals surface area contributed by atoms with Crippen LogP contribution in [0.15, 0.2) is 41.5 Å². The van der Waals surface area contributed by atoms with Crippen molar-refractivity contribution in [3.63, 3.8) is 0 Å². The number of pyridine rings is 1. The van der Waals surface area contributed by atoms with E-state index in [4.69, 9.17) is 0 Å². The number of aromatic nitrogens is 3. The van der Waals surface area contributed by atoms with Crippen molar-refractivity contribution in [1.82, 2.24) is 24.6 Å². The predicted molar refractivity (Wildman–Crippen MR) is 119 cm³/mol. The Kier molecular flexibility index (Phi) is 5.52. The average molecular weight is 422 g/mol. The van der Waals surface area contributed by atoms with Gasteiger partial charge >= 0.3 is 0 Å². The zero-order valence-corrected chi connectivity index (χ0v) is 18.2. The number of amides is 1. The largest absolute Gasteiger partial charge is 0.341 e. The van der Waals surface area contributed by atoms with Gasteiger partial charge < -0.3 is 14.4 Å². The van der Waals surface area contributed by atoms with Crippen molar-refractivity contribution in [3.05, 3.63) is 63.9 Å². The smallest absolute Gasteiger partial charge is 0.255 e. The van der Waals surface area contributed by atoms with Crippen LogP contribution >= 0.6 is 0 Å². The predicted octanol–water partition coefficient (Wildman–Crippen LogP) is 2.16. The molecule has 0 radical (unpaired) electrons. The fourth-order valence-corrected chi connectivity index (χ4v) is 5.47. The van der Waals surface area contributed by atoms with Crippen molar-refractivity contribution in [2.75, 3.05) is 26.7 Å². The van der Waals surface area contributed by atoms with Crippen LogP contribution in [0.5, 0.6) is 0 Å². The third kappa shape index (κ3) is 4.11. The van der Waals surface area contributed by atoms with Gasteiger partial charge in [0.05, 0.1) is 6.20 Å². The molecule has 0 spiro atoms. The zero-order valence-electron chi connectivity index (χ0n) is 18.2. The second-order valence-electron chi connectivity index (χ2n) is 9.48. The van der Waals surface area contributed by atoms with Gasteiger partial charge in [-0.05, 0) is 50.3 Å². The van der Waals surface area contributed by atoms with E-state index in [2.05, 4.69) is 45.3 Å². The highest BCUT2D eigenvalue weighted by Gasteiger charge is 2.38. The third-order valence-corrected chi connectivity index (χ3v) is 7.13. The van der Waals surface area contributed by atoms with Gasteiger partial charge in [-0.1, -0.05) is 18.2 Å². The van der Waals surface area contributed by atoms with Gasteiger partial charge in [-0.25, -0.2) is 0 Å². The summed E-state index contributed by atoms with van der Waals surface area (Å²) in [7, 11) is 2.06. The molecular weight excluding hydrogens is 390 g/mol. The van der Waals surface area contributed by atoms with Crippen molar-refractivity contribution in [1.29, 1.82) is 0 Å². The summed E-state index contributed by atoms with van der Waals surface area (Å²) in [5, 5.41) is 6.83. The van der Waals surface area contributed by atoms with E-state index >= 15 is 0 Å². The summed E-state index contributed by atoms with van der Waals surface area (Å²) in [6, 6.07) is 4.14. The molecule has 2 aromatic rings. The number of carbonyl (C=O) groups is 1. The molecule has 1 fully saturated rings. The number of carbonyl (C=O) groups excluding carboxylic acids is 1. The Morgan fingerprint density at radius 1 is 1.23 bits per heavy atom. The maximum absolute atomic E-state index is 13.3. The summed E-state index contributed by atoms with van der Waals surface area (Å²) >= 11 is 0. The number of rotatable bonds is 6. The molecule has 3 aliphatic rings. The average Bonchev–Trinajstić information content (AvgIpc) is 3.48. The summed E-state index contributed by atoms with van der Waals surface area (Å²) in [6.07, 6.45) is 11.7. The molecule has 2 aliphatic heterocycles. The highest BCUT2D eigenvalue weighted by Crippen LogP contribution is 2.36. The molecule has 5 rings (SSSR count). The lowest BCUT2D eigenvalue weighted by Crippen LogP contribution is -2.50. The highest BCUT2D eigenvalue weighted by atomic mass is 16.2. The Morgan fingerprint density at radius 2 is 2.06 bits per heavy atom. The minimum atomic E-state index is 0.126. The van der Waals surface area contributed by atoms with E-state index in [1.165, 1.54) is 5.56 Å². The van der Waals surface area contributed by atoms with Crippen molar-refractivity contribution in [2.45, 2.75) is 44.7 Å². The second kappa shape index (κ2) is 8.46. The summed E-state index contributed by atoms with van der Waals surface area (Å²) < 4.78 is 2.00. The number of nitrogens with one attached hydrogen (secondary N) is 1. The molecule has 0 unspecified atom stereocenters. The first-order valence-corrected chi connectivity index (χ1v) is 11.4. The van der Waals surface area contributed by atoms with Crippen molar-refractivity contribution >= 4 is 5.91 Å². The lowest BCUT2D eigenvalue weighted by molar-refractivity contribution is -0.138. The van der Waals surface area contributed by atoms with Gasteiger partial charge in [0.15, 0.2) is 0 Å². The SMILES string of the molecule is CN(CCc1cn[nH]c1)Cc1ccc2n(c1=O)C[C@H]1C[C@@H]2CN(C(=O)C2CC=CC2)C1. The molecule has 1 N–H and O–H groups in total. The molecule has 164 valence electrons. The first kappa shape index (κ1) is 20.2.